The molecule has 0 aromatic rings. The van der Waals surface area contributed by atoms with Crippen molar-refractivity contribution in [3.63, 3.8) is 0 Å². The molecule has 0 aliphatic heterocycles. The molecule has 0 aliphatic rings. The third-order valence-corrected chi connectivity index (χ3v) is 11.7. The van der Waals surface area contributed by atoms with Crippen LogP contribution in [0.4, 0.5) is 0 Å². The van der Waals surface area contributed by atoms with Crippen LogP contribution in [0.1, 0.15) is 265 Å². The average Bonchev–Trinajstić information content (AvgIpc) is 3.19. The van der Waals surface area contributed by atoms with Crippen LogP contribution in [0, 0.1) is 0 Å². The normalized spacial score (nSPS) is 12.8. The molecule has 0 radical (unpaired) electrons. The van der Waals surface area contributed by atoms with Crippen molar-refractivity contribution in [2.24, 2.45) is 0 Å². The first-order valence-corrected chi connectivity index (χ1v) is 25.3. The number of ether oxygens (including phenoxy) is 2. The van der Waals surface area contributed by atoms with Crippen molar-refractivity contribution in [1.29, 1.82) is 0 Å². The molecule has 0 heterocycles. The maximum absolute atomic E-state index is 12.8. The smallest absolute Gasteiger partial charge is 0.306 e. The van der Waals surface area contributed by atoms with E-state index in [0.29, 0.717) is 25.8 Å². The minimum atomic E-state index is -0.395. The number of hydrogen-bond donors (Lipinski definition) is 2. The van der Waals surface area contributed by atoms with Gasteiger partial charge in [-0.05, 0) is 90.0 Å². The molecule has 0 fully saturated rings. The highest BCUT2D eigenvalue weighted by Gasteiger charge is 2.17. The number of esters is 2. The lowest BCUT2D eigenvalue weighted by molar-refractivity contribution is -0.151. The third-order valence-electron chi connectivity index (χ3n) is 11.7. The first-order valence-electron chi connectivity index (χ1n) is 25.3. The van der Waals surface area contributed by atoms with Crippen molar-refractivity contribution in [2.45, 2.75) is 284 Å². The van der Waals surface area contributed by atoms with Gasteiger partial charge in [0.2, 0.25) is 0 Å². The van der Waals surface area contributed by atoms with E-state index in [9.17, 15) is 19.8 Å². The number of aliphatic hydroxyl groups is 2. The summed E-state index contributed by atoms with van der Waals surface area (Å²) in [6.45, 7) is 11.5. The van der Waals surface area contributed by atoms with Crippen molar-refractivity contribution in [2.75, 3.05) is 26.2 Å². The SMILES string of the molecule is CCCCCCCCC(CCCCC)OC(=O)CCCCCC(O)CN(CCCO)CCCCCCCC(=O)OC(CCCCCCCC)CCCCCCCC. The molecule has 340 valence electrons. The number of unbranched alkanes of at least 4 members (excludes halogenated alkanes) is 23. The Balaban J connectivity index is 4.34. The Bertz CT molecular complexity index is 824. The number of nitrogens with zero attached hydrogens (tertiary/aromatic N) is 1. The Morgan fingerprint density at radius 1 is 0.421 bits per heavy atom. The Labute approximate surface area is 355 Å². The van der Waals surface area contributed by atoms with Crippen LogP contribution in [0.15, 0.2) is 0 Å². The predicted octanol–water partition coefficient (Wildman–Crippen LogP) is 14.0. The minimum absolute atomic E-state index is 0.00804. The molecule has 2 N–H and O–H groups in total. The van der Waals surface area contributed by atoms with E-state index in [2.05, 4.69) is 32.6 Å². The summed E-state index contributed by atoms with van der Waals surface area (Å²) in [7, 11) is 0. The van der Waals surface area contributed by atoms with E-state index < -0.39 is 6.10 Å². The minimum Gasteiger partial charge on any atom is -0.462 e. The van der Waals surface area contributed by atoms with Gasteiger partial charge in [0, 0.05) is 32.5 Å². The number of rotatable bonds is 46. The fourth-order valence-electron chi connectivity index (χ4n) is 8.03. The standard InChI is InChI=1S/C50H99NO6/c1-5-9-13-16-20-28-37-47(36-26-12-8-4)56-50(55)41-32-25-27-35-46(53)45-51(43-34-44-52)42-33-24-19-23-31-40-49(54)57-48(38-29-21-17-14-10-6-2)39-30-22-18-15-11-7-3/h46-48,52-53H,5-45H2,1-4H3. The van der Waals surface area contributed by atoms with Crippen LogP contribution in [0.25, 0.3) is 0 Å². The molecule has 0 saturated carbocycles. The second-order valence-electron chi connectivity index (χ2n) is 17.5. The Kier molecular flexibility index (Phi) is 43.5. The summed E-state index contributed by atoms with van der Waals surface area (Å²) in [5.41, 5.74) is 0. The topological polar surface area (TPSA) is 96.3 Å². The van der Waals surface area contributed by atoms with Gasteiger partial charge in [-0.2, -0.15) is 0 Å². The van der Waals surface area contributed by atoms with Gasteiger partial charge in [0.15, 0.2) is 0 Å². The van der Waals surface area contributed by atoms with Gasteiger partial charge in [-0.25, -0.2) is 0 Å². The first kappa shape index (κ1) is 55.8. The summed E-state index contributed by atoms with van der Waals surface area (Å²) in [6, 6.07) is 0. The van der Waals surface area contributed by atoms with Crippen molar-refractivity contribution >= 4 is 11.9 Å². The van der Waals surface area contributed by atoms with Crippen LogP contribution >= 0.6 is 0 Å². The highest BCUT2D eigenvalue weighted by molar-refractivity contribution is 5.69. The van der Waals surface area contributed by atoms with E-state index in [1.807, 2.05) is 0 Å². The van der Waals surface area contributed by atoms with Crippen molar-refractivity contribution in [1.82, 2.24) is 4.90 Å². The van der Waals surface area contributed by atoms with E-state index in [1.54, 1.807) is 0 Å². The highest BCUT2D eigenvalue weighted by atomic mass is 16.5. The van der Waals surface area contributed by atoms with Crippen LogP contribution in [0.5, 0.6) is 0 Å². The van der Waals surface area contributed by atoms with E-state index in [1.165, 1.54) is 122 Å². The lowest BCUT2D eigenvalue weighted by atomic mass is 10.0. The largest absolute Gasteiger partial charge is 0.462 e. The molecule has 57 heavy (non-hydrogen) atoms. The van der Waals surface area contributed by atoms with Crippen molar-refractivity contribution in [3.05, 3.63) is 0 Å². The molecule has 0 aromatic carbocycles. The van der Waals surface area contributed by atoms with Crippen LogP contribution < -0.4 is 0 Å². The fourth-order valence-corrected chi connectivity index (χ4v) is 8.03. The molecule has 2 unspecified atom stereocenters. The van der Waals surface area contributed by atoms with E-state index in [0.717, 1.165) is 109 Å². The molecular formula is C50H99NO6. The van der Waals surface area contributed by atoms with E-state index >= 15 is 0 Å². The average molecular weight is 810 g/mol. The molecule has 0 spiro atoms. The number of hydrogen-bond acceptors (Lipinski definition) is 7. The van der Waals surface area contributed by atoms with Gasteiger partial charge >= 0.3 is 11.9 Å². The van der Waals surface area contributed by atoms with Gasteiger partial charge in [-0.3, -0.25) is 9.59 Å². The van der Waals surface area contributed by atoms with Gasteiger partial charge < -0.3 is 24.6 Å². The number of carbonyl (C=O) groups is 2. The molecule has 0 amide bonds. The lowest BCUT2D eigenvalue weighted by Gasteiger charge is -2.25. The van der Waals surface area contributed by atoms with Crippen molar-refractivity contribution in [3.8, 4) is 0 Å². The molecule has 2 atom stereocenters. The summed E-state index contributed by atoms with van der Waals surface area (Å²) >= 11 is 0. The monoisotopic (exact) mass is 810 g/mol. The van der Waals surface area contributed by atoms with Gasteiger partial charge in [-0.1, -0.05) is 169 Å². The second kappa shape index (κ2) is 44.4. The highest BCUT2D eigenvalue weighted by Crippen LogP contribution is 2.20. The van der Waals surface area contributed by atoms with Gasteiger partial charge in [0.1, 0.15) is 12.2 Å². The van der Waals surface area contributed by atoms with E-state index in [4.69, 9.17) is 9.47 Å². The molecule has 0 rings (SSSR count). The third kappa shape index (κ3) is 40.0. The van der Waals surface area contributed by atoms with Crippen LogP contribution in [-0.4, -0.2) is 71.6 Å². The molecular weight excluding hydrogens is 711 g/mol. The zero-order valence-electron chi connectivity index (χ0n) is 38.7. The Morgan fingerprint density at radius 2 is 0.737 bits per heavy atom. The lowest BCUT2D eigenvalue weighted by Crippen LogP contribution is -2.34. The molecule has 0 aliphatic carbocycles. The van der Waals surface area contributed by atoms with Crippen LogP contribution in [0.2, 0.25) is 0 Å². The summed E-state index contributed by atoms with van der Waals surface area (Å²) in [5.74, 6) is -0.0595. The quantitative estimate of drug-likeness (QED) is 0.0467. The summed E-state index contributed by atoms with van der Waals surface area (Å²) in [5, 5.41) is 20.3. The predicted molar refractivity (Wildman–Crippen MR) is 243 cm³/mol. The molecule has 7 nitrogen and oxygen atoms in total. The maximum atomic E-state index is 12.8. The first-order chi connectivity index (χ1) is 27.9. The molecule has 7 heteroatoms. The van der Waals surface area contributed by atoms with E-state index in [-0.39, 0.29) is 30.8 Å². The number of aliphatic hydroxyl groups excluding tert-OH is 2. The summed E-state index contributed by atoms with van der Waals surface area (Å²) < 4.78 is 12.0. The fraction of sp³-hybridized carbons (Fsp3) is 0.960. The number of carbonyl (C=O) groups excluding carboxylic acids is 2. The molecule has 0 bridgehead atoms. The second-order valence-corrected chi connectivity index (χ2v) is 17.5. The maximum Gasteiger partial charge on any atom is 0.306 e. The van der Waals surface area contributed by atoms with Crippen LogP contribution in [-0.2, 0) is 19.1 Å². The van der Waals surface area contributed by atoms with Gasteiger partial charge in [-0.15, -0.1) is 0 Å². The summed E-state index contributed by atoms with van der Waals surface area (Å²) in [6.07, 6.45) is 40.4. The zero-order valence-corrected chi connectivity index (χ0v) is 38.7. The van der Waals surface area contributed by atoms with Gasteiger partial charge in [0.25, 0.3) is 0 Å². The van der Waals surface area contributed by atoms with Crippen molar-refractivity contribution < 1.29 is 29.3 Å². The van der Waals surface area contributed by atoms with Gasteiger partial charge in [0.05, 0.1) is 6.10 Å². The van der Waals surface area contributed by atoms with Crippen LogP contribution in [0.3, 0.4) is 0 Å². The zero-order chi connectivity index (χ0) is 41.9. The molecule has 0 aromatic heterocycles. The molecule has 0 saturated heterocycles. The Morgan fingerprint density at radius 3 is 1.18 bits per heavy atom. The Hall–Kier alpha value is -1.18. The summed E-state index contributed by atoms with van der Waals surface area (Å²) in [4.78, 5) is 27.7.